The van der Waals surface area contributed by atoms with Gasteiger partial charge in [0.05, 0.1) is 6.10 Å². The minimum atomic E-state index is 0.208. The lowest BCUT2D eigenvalue weighted by Crippen LogP contribution is -2.25. The molecule has 21 heavy (non-hydrogen) atoms. The van der Waals surface area contributed by atoms with Crippen LogP contribution in [0.3, 0.4) is 0 Å². The van der Waals surface area contributed by atoms with Crippen LogP contribution in [-0.2, 0) is 6.42 Å². The molecule has 0 spiro atoms. The van der Waals surface area contributed by atoms with E-state index in [0.29, 0.717) is 6.10 Å². The number of benzene rings is 1. The first-order valence-electron chi connectivity index (χ1n) is 8.52. The van der Waals surface area contributed by atoms with Gasteiger partial charge in [0.25, 0.3) is 0 Å². The molecule has 3 atom stereocenters. The molecule has 0 aromatic heterocycles. The molecule has 1 saturated carbocycles. The monoisotopic (exact) mass is 289 g/mol. The van der Waals surface area contributed by atoms with Crippen LogP contribution >= 0.6 is 0 Å². The normalized spacial score (nSPS) is 23.9. The van der Waals surface area contributed by atoms with Crippen LogP contribution in [0.25, 0.3) is 0 Å². The van der Waals surface area contributed by atoms with Gasteiger partial charge >= 0.3 is 0 Å². The van der Waals surface area contributed by atoms with Crippen LogP contribution < -0.4 is 10.5 Å². The van der Waals surface area contributed by atoms with Crippen molar-refractivity contribution in [1.82, 2.24) is 0 Å². The molecule has 0 amide bonds. The summed E-state index contributed by atoms with van der Waals surface area (Å²) < 4.78 is 6.38. The van der Waals surface area contributed by atoms with Crippen LogP contribution in [-0.4, -0.2) is 12.1 Å². The molecular formula is C19H31NO. The Morgan fingerprint density at radius 3 is 2.48 bits per heavy atom. The molecule has 1 aromatic rings. The van der Waals surface area contributed by atoms with Gasteiger partial charge in [0, 0.05) is 6.04 Å². The number of nitrogens with two attached hydrogens (primary N) is 1. The van der Waals surface area contributed by atoms with Gasteiger partial charge in [-0.25, -0.2) is 0 Å². The molecule has 2 rings (SSSR count). The summed E-state index contributed by atoms with van der Waals surface area (Å²) in [7, 11) is 0. The van der Waals surface area contributed by atoms with Crippen LogP contribution in [0, 0.1) is 19.8 Å². The Hall–Kier alpha value is -1.02. The van der Waals surface area contributed by atoms with Crippen LogP contribution in [0.15, 0.2) is 12.1 Å². The molecule has 2 heteroatoms. The summed E-state index contributed by atoms with van der Waals surface area (Å²) in [6, 6.07) is 4.69. The van der Waals surface area contributed by atoms with Crippen molar-refractivity contribution in [3.8, 4) is 5.75 Å². The van der Waals surface area contributed by atoms with Gasteiger partial charge in [0.15, 0.2) is 0 Å². The minimum absolute atomic E-state index is 0.208. The largest absolute Gasteiger partial charge is 0.490 e. The van der Waals surface area contributed by atoms with E-state index in [-0.39, 0.29) is 6.04 Å². The molecule has 1 aromatic carbocycles. The first kappa shape index (κ1) is 16.4. The van der Waals surface area contributed by atoms with Gasteiger partial charge in [-0.05, 0) is 69.1 Å². The Morgan fingerprint density at radius 1 is 1.24 bits per heavy atom. The van der Waals surface area contributed by atoms with E-state index in [9.17, 15) is 0 Å². The topological polar surface area (TPSA) is 35.2 Å². The lowest BCUT2D eigenvalue weighted by Gasteiger charge is -2.30. The molecule has 2 N–H and O–H groups in total. The SMILES string of the molecule is CCC1CCCC(Oc2c(C)cc(CC(C)N)cc2C)C1. The summed E-state index contributed by atoms with van der Waals surface area (Å²) in [5, 5.41) is 0. The standard InChI is InChI=1S/C19H31NO/c1-5-16-7-6-8-18(12-16)21-19-13(2)9-17(10-14(19)3)11-15(4)20/h9-10,15-16,18H,5-8,11-12,20H2,1-4H3. The van der Waals surface area contributed by atoms with Crippen molar-refractivity contribution in [2.75, 3.05) is 0 Å². The van der Waals surface area contributed by atoms with Gasteiger partial charge in [-0.2, -0.15) is 0 Å². The van der Waals surface area contributed by atoms with Crippen LogP contribution in [0.1, 0.15) is 62.6 Å². The highest BCUT2D eigenvalue weighted by Gasteiger charge is 2.23. The molecule has 1 aliphatic rings. The van der Waals surface area contributed by atoms with Crippen LogP contribution in [0.4, 0.5) is 0 Å². The quantitative estimate of drug-likeness (QED) is 0.863. The summed E-state index contributed by atoms with van der Waals surface area (Å²) in [6.45, 7) is 8.68. The molecule has 0 heterocycles. The minimum Gasteiger partial charge on any atom is -0.490 e. The molecule has 0 saturated heterocycles. The van der Waals surface area contributed by atoms with Crippen molar-refractivity contribution < 1.29 is 4.74 Å². The van der Waals surface area contributed by atoms with Gasteiger partial charge in [0.1, 0.15) is 5.75 Å². The van der Waals surface area contributed by atoms with Gasteiger partial charge in [-0.15, -0.1) is 0 Å². The van der Waals surface area contributed by atoms with Crippen molar-refractivity contribution >= 4 is 0 Å². The number of aryl methyl sites for hydroxylation is 2. The molecule has 118 valence electrons. The van der Waals surface area contributed by atoms with Crippen molar-refractivity contribution in [2.45, 2.75) is 78.4 Å². The predicted molar refractivity (Wildman–Crippen MR) is 89.9 cm³/mol. The van der Waals surface area contributed by atoms with Crippen molar-refractivity contribution in [1.29, 1.82) is 0 Å². The second kappa shape index (κ2) is 7.31. The molecule has 1 fully saturated rings. The number of ether oxygens (including phenoxy) is 1. The molecule has 2 nitrogen and oxygen atoms in total. The Kier molecular flexibility index (Phi) is 5.69. The van der Waals surface area contributed by atoms with E-state index < -0.39 is 0 Å². The highest BCUT2D eigenvalue weighted by atomic mass is 16.5. The van der Waals surface area contributed by atoms with Crippen molar-refractivity contribution in [3.63, 3.8) is 0 Å². The van der Waals surface area contributed by atoms with E-state index in [1.165, 1.54) is 48.8 Å². The summed E-state index contributed by atoms with van der Waals surface area (Å²) in [6.07, 6.45) is 7.73. The van der Waals surface area contributed by atoms with Crippen molar-refractivity contribution in [2.24, 2.45) is 11.7 Å². The lowest BCUT2D eigenvalue weighted by atomic mass is 9.85. The smallest absolute Gasteiger partial charge is 0.125 e. The zero-order valence-corrected chi connectivity index (χ0v) is 14.1. The Balaban J connectivity index is 2.09. The fourth-order valence-electron chi connectivity index (χ4n) is 3.60. The highest BCUT2D eigenvalue weighted by molar-refractivity contribution is 5.43. The second-order valence-electron chi connectivity index (χ2n) is 6.92. The van der Waals surface area contributed by atoms with E-state index in [1.807, 2.05) is 0 Å². The highest BCUT2D eigenvalue weighted by Crippen LogP contribution is 2.33. The number of hydrogen-bond acceptors (Lipinski definition) is 2. The maximum atomic E-state index is 6.38. The first-order chi connectivity index (χ1) is 9.99. The maximum Gasteiger partial charge on any atom is 0.125 e. The van der Waals surface area contributed by atoms with Gasteiger partial charge in [-0.1, -0.05) is 31.9 Å². The summed E-state index contributed by atoms with van der Waals surface area (Å²) in [4.78, 5) is 0. The molecular weight excluding hydrogens is 258 g/mol. The third kappa shape index (κ3) is 4.47. The fraction of sp³-hybridized carbons (Fsp3) is 0.684. The van der Waals surface area contributed by atoms with E-state index >= 15 is 0 Å². The van der Waals surface area contributed by atoms with E-state index in [2.05, 4.69) is 39.8 Å². The molecule has 0 aliphatic heterocycles. The van der Waals surface area contributed by atoms with Crippen LogP contribution in [0.5, 0.6) is 5.75 Å². The van der Waals surface area contributed by atoms with Gasteiger partial charge < -0.3 is 10.5 Å². The maximum absolute atomic E-state index is 6.38. The second-order valence-corrected chi connectivity index (χ2v) is 6.92. The van der Waals surface area contributed by atoms with E-state index in [4.69, 9.17) is 10.5 Å². The zero-order chi connectivity index (χ0) is 15.4. The molecule has 3 unspecified atom stereocenters. The third-order valence-electron chi connectivity index (χ3n) is 4.67. The van der Waals surface area contributed by atoms with Crippen LogP contribution in [0.2, 0.25) is 0 Å². The lowest BCUT2D eigenvalue weighted by molar-refractivity contribution is 0.120. The third-order valence-corrected chi connectivity index (χ3v) is 4.67. The first-order valence-corrected chi connectivity index (χ1v) is 8.52. The molecule has 0 radical (unpaired) electrons. The predicted octanol–water partition coefficient (Wildman–Crippen LogP) is 4.54. The van der Waals surface area contributed by atoms with Gasteiger partial charge in [0.2, 0.25) is 0 Å². The Morgan fingerprint density at radius 2 is 1.90 bits per heavy atom. The average Bonchev–Trinajstić information content (AvgIpc) is 2.42. The molecule has 0 bridgehead atoms. The van der Waals surface area contributed by atoms with E-state index in [0.717, 1.165) is 18.1 Å². The summed E-state index contributed by atoms with van der Waals surface area (Å²) in [5.41, 5.74) is 9.74. The number of rotatable bonds is 5. The van der Waals surface area contributed by atoms with Crippen molar-refractivity contribution in [3.05, 3.63) is 28.8 Å². The Bertz CT molecular complexity index is 444. The fourth-order valence-corrected chi connectivity index (χ4v) is 3.60. The van der Waals surface area contributed by atoms with E-state index in [1.54, 1.807) is 0 Å². The summed E-state index contributed by atoms with van der Waals surface area (Å²) >= 11 is 0. The molecule has 1 aliphatic carbocycles. The Labute approximate surface area is 130 Å². The van der Waals surface area contributed by atoms with Gasteiger partial charge in [-0.3, -0.25) is 0 Å². The zero-order valence-electron chi connectivity index (χ0n) is 14.1. The summed E-state index contributed by atoms with van der Waals surface area (Å²) in [5.74, 6) is 1.95. The average molecular weight is 289 g/mol. The number of hydrogen-bond donors (Lipinski definition) is 1.